The Balaban J connectivity index is 3.04. The van der Waals surface area contributed by atoms with Crippen molar-refractivity contribution in [2.45, 2.75) is 5.75 Å². The molecule has 0 aromatic heterocycles. The molecule has 0 bridgehead atoms. The van der Waals surface area contributed by atoms with Crippen LogP contribution in [0, 0.1) is 17.5 Å². The predicted molar refractivity (Wildman–Crippen MR) is 43.5 cm³/mol. The molecule has 4 heteroatoms. The van der Waals surface area contributed by atoms with Gasteiger partial charge in [0.25, 0.3) is 0 Å². The third kappa shape index (κ3) is 1.94. The summed E-state index contributed by atoms with van der Waals surface area (Å²) in [6.45, 7) is 0. The lowest BCUT2D eigenvalue weighted by molar-refractivity contribution is 0.446. The van der Waals surface area contributed by atoms with Crippen LogP contribution >= 0.6 is 11.8 Å². The highest BCUT2D eigenvalue weighted by Crippen LogP contribution is 2.16. The fourth-order valence-electron chi connectivity index (χ4n) is 0.858. The van der Waals surface area contributed by atoms with E-state index in [4.69, 9.17) is 0 Å². The lowest BCUT2D eigenvalue weighted by atomic mass is 10.2. The van der Waals surface area contributed by atoms with Gasteiger partial charge in [-0.15, -0.1) is 0 Å². The summed E-state index contributed by atoms with van der Waals surface area (Å²) >= 11 is 1.42. The first-order valence-corrected chi connectivity index (χ1v) is 4.67. The summed E-state index contributed by atoms with van der Waals surface area (Å²) in [5, 5.41) is 0. The van der Waals surface area contributed by atoms with E-state index in [1.54, 1.807) is 6.26 Å². The standard InChI is InChI=1S/C8H7F3S/c1-12-4-5-2-6(9)8(11)7(10)3-5/h2-3H,4H2,1H3. The zero-order valence-electron chi connectivity index (χ0n) is 6.40. The van der Waals surface area contributed by atoms with E-state index in [9.17, 15) is 13.2 Å². The third-order valence-corrected chi connectivity index (χ3v) is 1.98. The quantitative estimate of drug-likeness (QED) is 0.649. The van der Waals surface area contributed by atoms with Gasteiger partial charge in [-0.3, -0.25) is 0 Å². The average Bonchev–Trinajstić information content (AvgIpc) is 2.01. The summed E-state index contributed by atoms with van der Waals surface area (Å²) in [5.41, 5.74) is 0.457. The summed E-state index contributed by atoms with van der Waals surface area (Å²) in [4.78, 5) is 0. The molecule has 12 heavy (non-hydrogen) atoms. The minimum atomic E-state index is -1.40. The van der Waals surface area contributed by atoms with Crippen LogP contribution in [-0.2, 0) is 5.75 Å². The molecule has 0 aliphatic carbocycles. The highest BCUT2D eigenvalue weighted by molar-refractivity contribution is 7.97. The largest absolute Gasteiger partial charge is 0.204 e. The smallest absolute Gasteiger partial charge is 0.194 e. The Morgan fingerprint density at radius 1 is 1.17 bits per heavy atom. The molecule has 0 saturated heterocycles. The van der Waals surface area contributed by atoms with E-state index in [2.05, 4.69) is 0 Å². The highest BCUT2D eigenvalue weighted by atomic mass is 32.2. The van der Waals surface area contributed by atoms with Crippen molar-refractivity contribution in [3.05, 3.63) is 35.1 Å². The maximum absolute atomic E-state index is 12.5. The predicted octanol–water partition coefficient (Wildman–Crippen LogP) is 2.97. The molecule has 0 spiro atoms. The monoisotopic (exact) mass is 192 g/mol. The van der Waals surface area contributed by atoms with Crippen LogP contribution in [0.15, 0.2) is 12.1 Å². The summed E-state index contributed by atoms with van der Waals surface area (Å²) in [5.74, 6) is -3.17. The van der Waals surface area contributed by atoms with Crippen LogP contribution in [0.3, 0.4) is 0 Å². The van der Waals surface area contributed by atoms with Gasteiger partial charge < -0.3 is 0 Å². The van der Waals surface area contributed by atoms with Crippen LogP contribution in [0.4, 0.5) is 13.2 Å². The first-order chi connectivity index (χ1) is 5.65. The van der Waals surface area contributed by atoms with Gasteiger partial charge >= 0.3 is 0 Å². The lowest BCUT2D eigenvalue weighted by Gasteiger charge is -2.00. The van der Waals surface area contributed by atoms with Crippen molar-refractivity contribution in [1.82, 2.24) is 0 Å². The number of hydrogen-bond acceptors (Lipinski definition) is 1. The molecule has 0 amide bonds. The van der Waals surface area contributed by atoms with Crippen molar-refractivity contribution in [3.8, 4) is 0 Å². The van der Waals surface area contributed by atoms with Crippen molar-refractivity contribution >= 4 is 11.8 Å². The molecule has 0 aliphatic rings. The third-order valence-electron chi connectivity index (χ3n) is 1.35. The Kier molecular flexibility index (Phi) is 3.03. The van der Waals surface area contributed by atoms with E-state index in [0.717, 1.165) is 12.1 Å². The number of hydrogen-bond donors (Lipinski definition) is 0. The van der Waals surface area contributed by atoms with E-state index in [0.29, 0.717) is 11.3 Å². The molecule has 0 aliphatic heterocycles. The van der Waals surface area contributed by atoms with Crippen LogP contribution in [0.1, 0.15) is 5.56 Å². The fourth-order valence-corrected chi connectivity index (χ4v) is 1.36. The molecule has 0 radical (unpaired) electrons. The van der Waals surface area contributed by atoms with Gasteiger partial charge in [0.05, 0.1) is 0 Å². The van der Waals surface area contributed by atoms with Gasteiger partial charge in [-0.2, -0.15) is 11.8 Å². The fraction of sp³-hybridized carbons (Fsp3) is 0.250. The number of thioether (sulfide) groups is 1. The zero-order chi connectivity index (χ0) is 9.14. The topological polar surface area (TPSA) is 0 Å². The normalized spacial score (nSPS) is 10.3. The Morgan fingerprint density at radius 2 is 1.67 bits per heavy atom. The van der Waals surface area contributed by atoms with E-state index < -0.39 is 17.5 Å². The molecule has 0 atom stereocenters. The van der Waals surface area contributed by atoms with Crippen molar-refractivity contribution in [1.29, 1.82) is 0 Å². The maximum Gasteiger partial charge on any atom is 0.194 e. The van der Waals surface area contributed by atoms with E-state index in [1.807, 2.05) is 0 Å². The molecule has 66 valence electrons. The molecule has 0 fully saturated rings. The van der Waals surface area contributed by atoms with Gasteiger partial charge in [0.2, 0.25) is 0 Å². The van der Waals surface area contributed by atoms with Gasteiger partial charge in [0, 0.05) is 5.75 Å². The summed E-state index contributed by atoms with van der Waals surface area (Å²) in [6.07, 6.45) is 1.80. The van der Waals surface area contributed by atoms with Crippen molar-refractivity contribution in [3.63, 3.8) is 0 Å². The van der Waals surface area contributed by atoms with E-state index >= 15 is 0 Å². The van der Waals surface area contributed by atoms with Crippen LogP contribution < -0.4 is 0 Å². The molecular formula is C8H7F3S. The van der Waals surface area contributed by atoms with Crippen LogP contribution in [0.5, 0.6) is 0 Å². The van der Waals surface area contributed by atoms with Crippen molar-refractivity contribution in [2.75, 3.05) is 6.26 Å². The molecule has 1 aromatic rings. The van der Waals surface area contributed by atoms with Gasteiger partial charge in [-0.1, -0.05) is 0 Å². The molecule has 0 heterocycles. The SMILES string of the molecule is CSCc1cc(F)c(F)c(F)c1. The molecule has 0 N–H and O–H groups in total. The highest BCUT2D eigenvalue weighted by Gasteiger charge is 2.09. The molecule has 0 nitrogen and oxygen atoms in total. The van der Waals surface area contributed by atoms with Crippen LogP contribution in [0.25, 0.3) is 0 Å². The number of rotatable bonds is 2. The number of halogens is 3. The van der Waals surface area contributed by atoms with Gasteiger partial charge in [-0.25, -0.2) is 13.2 Å². The summed E-state index contributed by atoms with van der Waals surface area (Å²) in [6, 6.07) is 2.02. The molecule has 0 saturated carbocycles. The molecular weight excluding hydrogens is 185 g/mol. The van der Waals surface area contributed by atoms with E-state index in [1.165, 1.54) is 11.8 Å². The Labute approximate surface area is 72.8 Å². The Morgan fingerprint density at radius 3 is 2.08 bits per heavy atom. The minimum absolute atomic E-state index is 0.457. The van der Waals surface area contributed by atoms with Gasteiger partial charge in [0.1, 0.15) is 0 Å². The molecule has 1 rings (SSSR count). The first-order valence-electron chi connectivity index (χ1n) is 3.27. The second-order valence-corrected chi connectivity index (χ2v) is 3.17. The number of benzene rings is 1. The Bertz CT molecular complexity index is 263. The second-order valence-electron chi connectivity index (χ2n) is 2.31. The first kappa shape index (κ1) is 9.45. The summed E-state index contributed by atoms with van der Waals surface area (Å²) in [7, 11) is 0. The van der Waals surface area contributed by atoms with Crippen LogP contribution in [0.2, 0.25) is 0 Å². The van der Waals surface area contributed by atoms with Gasteiger partial charge in [0.15, 0.2) is 17.5 Å². The lowest BCUT2D eigenvalue weighted by Crippen LogP contribution is -1.93. The van der Waals surface area contributed by atoms with E-state index in [-0.39, 0.29) is 0 Å². The van der Waals surface area contributed by atoms with Crippen LogP contribution in [-0.4, -0.2) is 6.26 Å². The summed E-state index contributed by atoms with van der Waals surface area (Å²) < 4.78 is 37.5. The van der Waals surface area contributed by atoms with Crippen molar-refractivity contribution < 1.29 is 13.2 Å². The maximum atomic E-state index is 12.5. The second kappa shape index (κ2) is 3.85. The average molecular weight is 192 g/mol. The Hall–Kier alpha value is -0.640. The molecule has 0 unspecified atom stereocenters. The van der Waals surface area contributed by atoms with Crippen molar-refractivity contribution in [2.24, 2.45) is 0 Å². The zero-order valence-corrected chi connectivity index (χ0v) is 7.22. The minimum Gasteiger partial charge on any atom is -0.204 e. The molecule has 1 aromatic carbocycles. The van der Waals surface area contributed by atoms with Gasteiger partial charge in [-0.05, 0) is 24.0 Å².